The van der Waals surface area contributed by atoms with Crippen molar-refractivity contribution in [3.63, 3.8) is 0 Å². The second kappa shape index (κ2) is 5.59. The smallest absolute Gasteiger partial charge is 0.323 e. The Balaban J connectivity index is 1.38. The van der Waals surface area contributed by atoms with Crippen molar-refractivity contribution in [2.75, 3.05) is 13.1 Å². The summed E-state index contributed by atoms with van der Waals surface area (Å²) in [6, 6.07) is 20.0. The van der Waals surface area contributed by atoms with Crippen molar-refractivity contribution < 1.29 is 4.79 Å². The first-order chi connectivity index (χ1) is 12.7. The Bertz CT molecular complexity index is 1190. The number of benzene rings is 3. The summed E-state index contributed by atoms with van der Waals surface area (Å²) in [4.78, 5) is 31.4. The van der Waals surface area contributed by atoms with E-state index in [1.165, 1.54) is 16.3 Å². The van der Waals surface area contributed by atoms with E-state index >= 15 is 0 Å². The minimum atomic E-state index is -0.260. The van der Waals surface area contributed by atoms with Gasteiger partial charge in [0, 0.05) is 24.6 Å². The van der Waals surface area contributed by atoms with Gasteiger partial charge in [-0.3, -0.25) is 4.79 Å². The van der Waals surface area contributed by atoms with Crippen molar-refractivity contribution in [2.45, 2.75) is 5.92 Å². The fraction of sp³-hybridized carbons (Fsp3) is 0.143. The number of rotatable bonds is 2. The Morgan fingerprint density at radius 2 is 1.69 bits per heavy atom. The number of fused-ring (bicyclic) bond motifs is 2. The van der Waals surface area contributed by atoms with Gasteiger partial charge in [-0.05, 0) is 34.5 Å². The molecule has 0 unspecified atom stereocenters. The van der Waals surface area contributed by atoms with E-state index in [4.69, 9.17) is 0 Å². The lowest BCUT2D eigenvalue weighted by Crippen LogP contribution is -2.48. The Morgan fingerprint density at radius 3 is 2.58 bits per heavy atom. The Hall–Kier alpha value is -3.34. The normalized spacial score (nSPS) is 14.7. The van der Waals surface area contributed by atoms with Crippen LogP contribution in [0, 0.1) is 0 Å². The number of likely N-dealkylation sites (tertiary alicyclic amines) is 1. The monoisotopic (exact) mass is 343 g/mol. The first-order valence-corrected chi connectivity index (χ1v) is 8.68. The predicted octanol–water partition coefficient (Wildman–Crippen LogP) is 3.25. The minimum Gasteiger partial charge on any atom is -0.337 e. The van der Waals surface area contributed by atoms with Crippen molar-refractivity contribution in [3.05, 3.63) is 82.3 Å². The molecule has 1 amide bonds. The average molecular weight is 343 g/mol. The third kappa shape index (κ3) is 2.32. The van der Waals surface area contributed by atoms with Crippen LogP contribution in [0.15, 0.2) is 65.5 Å². The van der Waals surface area contributed by atoms with E-state index in [0.29, 0.717) is 35.6 Å². The summed E-state index contributed by atoms with van der Waals surface area (Å²) in [6.45, 7) is 1.43. The number of aromatic nitrogens is 2. The van der Waals surface area contributed by atoms with Crippen LogP contribution in [0.4, 0.5) is 0 Å². The Labute approximate surface area is 149 Å². The molecule has 2 N–H and O–H groups in total. The van der Waals surface area contributed by atoms with Crippen LogP contribution in [0.5, 0.6) is 0 Å². The van der Waals surface area contributed by atoms with Crippen molar-refractivity contribution in [1.29, 1.82) is 0 Å². The second-order valence-electron chi connectivity index (χ2n) is 6.81. The highest BCUT2D eigenvalue weighted by atomic mass is 16.2. The molecule has 5 nitrogen and oxygen atoms in total. The maximum absolute atomic E-state index is 12.7. The van der Waals surface area contributed by atoms with E-state index in [1.54, 1.807) is 18.2 Å². The zero-order chi connectivity index (χ0) is 17.7. The molecule has 0 radical (unpaired) electrons. The van der Waals surface area contributed by atoms with Crippen LogP contribution in [0.1, 0.15) is 21.8 Å². The highest BCUT2D eigenvalue weighted by Crippen LogP contribution is 2.33. The van der Waals surface area contributed by atoms with Crippen LogP contribution in [-0.4, -0.2) is 33.9 Å². The highest BCUT2D eigenvalue weighted by molar-refractivity contribution is 5.98. The summed E-state index contributed by atoms with van der Waals surface area (Å²) in [5.74, 6) is 0.367. The van der Waals surface area contributed by atoms with Gasteiger partial charge in [-0.25, -0.2) is 4.79 Å². The van der Waals surface area contributed by atoms with E-state index in [1.807, 2.05) is 11.0 Å². The Kier molecular flexibility index (Phi) is 3.22. The molecular weight excluding hydrogens is 326 g/mol. The van der Waals surface area contributed by atoms with E-state index in [9.17, 15) is 9.59 Å². The van der Waals surface area contributed by atoms with Crippen LogP contribution in [-0.2, 0) is 0 Å². The summed E-state index contributed by atoms with van der Waals surface area (Å²) in [6.07, 6.45) is 0. The van der Waals surface area contributed by atoms with E-state index in [0.717, 1.165) is 0 Å². The summed E-state index contributed by atoms with van der Waals surface area (Å²) in [7, 11) is 0. The molecular formula is C21H17N3O2. The molecule has 0 saturated carbocycles. The maximum atomic E-state index is 12.7. The number of hydrogen-bond donors (Lipinski definition) is 2. The molecule has 1 aromatic heterocycles. The van der Waals surface area contributed by atoms with Gasteiger partial charge in [-0.1, -0.05) is 42.5 Å². The molecule has 4 aromatic rings. The van der Waals surface area contributed by atoms with Crippen LogP contribution >= 0.6 is 0 Å². The fourth-order valence-corrected chi connectivity index (χ4v) is 3.80. The molecule has 26 heavy (non-hydrogen) atoms. The maximum Gasteiger partial charge on any atom is 0.323 e. The van der Waals surface area contributed by atoms with E-state index in [-0.39, 0.29) is 11.6 Å². The van der Waals surface area contributed by atoms with Crippen molar-refractivity contribution >= 4 is 27.7 Å². The number of carbonyl (C=O) groups excluding carboxylic acids is 1. The number of amides is 1. The van der Waals surface area contributed by atoms with Gasteiger partial charge in [0.1, 0.15) is 0 Å². The first kappa shape index (κ1) is 15.0. The molecule has 5 rings (SSSR count). The number of carbonyl (C=O) groups is 1. The van der Waals surface area contributed by atoms with Gasteiger partial charge in [0.25, 0.3) is 5.91 Å². The zero-order valence-electron chi connectivity index (χ0n) is 14.0. The lowest BCUT2D eigenvalue weighted by molar-refractivity contribution is 0.0603. The number of nitrogens with one attached hydrogen (secondary N) is 2. The predicted molar refractivity (Wildman–Crippen MR) is 102 cm³/mol. The highest BCUT2D eigenvalue weighted by Gasteiger charge is 2.33. The first-order valence-electron chi connectivity index (χ1n) is 8.68. The number of nitrogens with zero attached hydrogens (tertiary/aromatic N) is 1. The fourth-order valence-electron chi connectivity index (χ4n) is 3.80. The summed E-state index contributed by atoms with van der Waals surface area (Å²) in [5.41, 5.74) is 3.02. The molecule has 1 aliphatic rings. The summed E-state index contributed by atoms with van der Waals surface area (Å²) < 4.78 is 0. The van der Waals surface area contributed by atoms with Crippen molar-refractivity contribution in [2.24, 2.45) is 0 Å². The summed E-state index contributed by atoms with van der Waals surface area (Å²) in [5, 5.41) is 2.50. The molecule has 3 aromatic carbocycles. The molecule has 1 fully saturated rings. The quantitative estimate of drug-likeness (QED) is 0.587. The molecule has 1 saturated heterocycles. The molecule has 1 aliphatic heterocycles. The number of imidazole rings is 1. The number of H-pyrrole nitrogens is 2. The van der Waals surface area contributed by atoms with Gasteiger partial charge < -0.3 is 14.9 Å². The van der Waals surface area contributed by atoms with Crippen molar-refractivity contribution in [3.8, 4) is 0 Å². The third-order valence-corrected chi connectivity index (χ3v) is 5.19. The number of hydrogen-bond acceptors (Lipinski definition) is 2. The van der Waals surface area contributed by atoms with Gasteiger partial charge in [0.05, 0.1) is 11.0 Å². The topological polar surface area (TPSA) is 69.0 Å². The van der Waals surface area contributed by atoms with Crippen molar-refractivity contribution in [1.82, 2.24) is 14.9 Å². The standard InChI is InChI=1S/C21H17N3O2/c25-20(14-8-9-18-19(10-14)23-21(26)22-18)24-11-15(12-24)17-7-3-5-13-4-1-2-6-16(13)17/h1-10,15H,11-12H2,(H2,22,23,26). The molecule has 0 aliphatic carbocycles. The number of aromatic amines is 2. The van der Waals surface area contributed by atoms with Crippen LogP contribution in [0.3, 0.4) is 0 Å². The lowest BCUT2D eigenvalue weighted by atomic mass is 9.87. The Morgan fingerprint density at radius 1 is 0.923 bits per heavy atom. The molecule has 0 spiro atoms. The molecule has 128 valence electrons. The summed E-state index contributed by atoms with van der Waals surface area (Å²) >= 11 is 0. The second-order valence-corrected chi connectivity index (χ2v) is 6.81. The van der Waals surface area contributed by atoms with Gasteiger partial charge in [-0.2, -0.15) is 0 Å². The van der Waals surface area contributed by atoms with Gasteiger partial charge in [0.15, 0.2) is 0 Å². The van der Waals surface area contributed by atoms with E-state index < -0.39 is 0 Å². The SMILES string of the molecule is O=C(c1ccc2[nH]c(=O)[nH]c2c1)N1CC(c2cccc3ccccc23)C1. The molecule has 5 heteroatoms. The van der Waals surface area contributed by atoms with Crippen LogP contribution < -0.4 is 5.69 Å². The van der Waals surface area contributed by atoms with Gasteiger partial charge >= 0.3 is 5.69 Å². The lowest BCUT2D eigenvalue weighted by Gasteiger charge is -2.40. The average Bonchev–Trinajstić information content (AvgIpc) is 2.99. The molecule has 0 atom stereocenters. The van der Waals surface area contributed by atoms with Gasteiger partial charge in [0.2, 0.25) is 0 Å². The van der Waals surface area contributed by atoms with E-state index in [2.05, 4.69) is 46.4 Å². The molecule has 2 heterocycles. The van der Waals surface area contributed by atoms with Crippen LogP contribution in [0.25, 0.3) is 21.8 Å². The zero-order valence-corrected chi connectivity index (χ0v) is 14.0. The largest absolute Gasteiger partial charge is 0.337 e. The molecule has 0 bridgehead atoms. The van der Waals surface area contributed by atoms with Gasteiger partial charge in [-0.15, -0.1) is 0 Å². The minimum absolute atomic E-state index is 0.00503. The van der Waals surface area contributed by atoms with Crippen LogP contribution in [0.2, 0.25) is 0 Å². The third-order valence-electron chi connectivity index (χ3n) is 5.19.